The number of halogens is 3. The van der Waals surface area contributed by atoms with E-state index in [1.807, 2.05) is 13.8 Å². The number of ether oxygens (including phenoxy) is 2. The molecular formula is C24H22Cl2FNO4. The second kappa shape index (κ2) is 10.6. The molecule has 0 aliphatic rings. The number of anilines is 1. The first-order chi connectivity index (χ1) is 15.3. The van der Waals surface area contributed by atoms with Gasteiger partial charge in [-0.3, -0.25) is 0 Å². The zero-order valence-corrected chi connectivity index (χ0v) is 19.1. The third-order valence-electron chi connectivity index (χ3n) is 4.75. The van der Waals surface area contributed by atoms with Crippen molar-refractivity contribution in [2.24, 2.45) is 0 Å². The number of benzene rings is 3. The second-order valence-corrected chi connectivity index (χ2v) is 7.83. The SMILES string of the molecule is CCOc1cc(CNc2ccc(C(=O)O)cc2C)cc(Cl)c1OCc1c(F)cccc1Cl. The molecule has 0 saturated carbocycles. The van der Waals surface area contributed by atoms with E-state index in [-0.39, 0.29) is 22.8 Å². The van der Waals surface area contributed by atoms with Gasteiger partial charge in [0.1, 0.15) is 12.4 Å². The highest BCUT2D eigenvalue weighted by molar-refractivity contribution is 6.32. The van der Waals surface area contributed by atoms with Gasteiger partial charge >= 0.3 is 5.97 Å². The normalized spacial score (nSPS) is 10.7. The zero-order chi connectivity index (χ0) is 23.3. The third kappa shape index (κ3) is 5.64. The van der Waals surface area contributed by atoms with Crippen LogP contribution in [0.2, 0.25) is 10.0 Å². The van der Waals surface area contributed by atoms with E-state index in [9.17, 15) is 9.18 Å². The van der Waals surface area contributed by atoms with Gasteiger partial charge in [-0.15, -0.1) is 0 Å². The summed E-state index contributed by atoms with van der Waals surface area (Å²) in [6.45, 7) is 4.38. The molecule has 2 N–H and O–H groups in total. The van der Waals surface area contributed by atoms with E-state index in [1.165, 1.54) is 12.1 Å². The Kier molecular flexibility index (Phi) is 7.83. The topological polar surface area (TPSA) is 67.8 Å². The Labute approximate surface area is 195 Å². The van der Waals surface area contributed by atoms with Crippen molar-refractivity contribution < 1.29 is 23.8 Å². The maximum Gasteiger partial charge on any atom is 0.335 e. The van der Waals surface area contributed by atoms with Gasteiger partial charge in [-0.2, -0.15) is 0 Å². The lowest BCUT2D eigenvalue weighted by Gasteiger charge is -2.17. The van der Waals surface area contributed by atoms with Crippen LogP contribution < -0.4 is 14.8 Å². The van der Waals surface area contributed by atoms with E-state index in [0.29, 0.717) is 29.7 Å². The molecular weight excluding hydrogens is 456 g/mol. The summed E-state index contributed by atoms with van der Waals surface area (Å²) in [5.74, 6) is -0.697. The Balaban J connectivity index is 1.78. The molecule has 0 saturated heterocycles. The molecule has 32 heavy (non-hydrogen) atoms. The molecule has 0 spiro atoms. The molecule has 0 aromatic heterocycles. The summed E-state index contributed by atoms with van der Waals surface area (Å²) in [4.78, 5) is 11.1. The standard InChI is InChI=1S/C24H22Cl2FNO4/c1-3-31-22-11-15(12-28-21-8-7-16(24(29)30)9-14(21)2)10-19(26)23(22)32-13-17-18(25)5-4-6-20(17)27/h4-11,28H,3,12-13H2,1-2H3,(H,29,30). The molecule has 3 rings (SSSR count). The molecule has 0 amide bonds. The molecule has 8 heteroatoms. The maximum atomic E-state index is 14.1. The van der Waals surface area contributed by atoms with E-state index in [0.717, 1.165) is 16.8 Å². The van der Waals surface area contributed by atoms with Crippen molar-refractivity contribution in [3.05, 3.63) is 86.6 Å². The first-order valence-electron chi connectivity index (χ1n) is 9.88. The van der Waals surface area contributed by atoms with Crippen LogP contribution in [-0.2, 0) is 13.2 Å². The molecule has 3 aromatic carbocycles. The molecule has 0 aliphatic carbocycles. The van der Waals surface area contributed by atoms with Gasteiger partial charge in [0.05, 0.1) is 22.2 Å². The average Bonchev–Trinajstić information content (AvgIpc) is 2.74. The van der Waals surface area contributed by atoms with Crippen molar-refractivity contribution in [2.75, 3.05) is 11.9 Å². The number of hydrogen-bond donors (Lipinski definition) is 2. The molecule has 0 unspecified atom stereocenters. The van der Waals surface area contributed by atoms with E-state index in [4.69, 9.17) is 37.8 Å². The van der Waals surface area contributed by atoms with Crippen molar-refractivity contribution >= 4 is 34.9 Å². The van der Waals surface area contributed by atoms with Crippen LogP contribution >= 0.6 is 23.2 Å². The second-order valence-electron chi connectivity index (χ2n) is 7.02. The van der Waals surface area contributed by atoms with E-state index < -0.39 is 11.8 Å². The lowest BCUT2D eigenvalue weighted by molar-refractivity contribution is 0.0697. The number of nitrogens with one attached hydrogen (secondary N) is 1. The van der Waals surface area contributed by atoms with E-state index in [2.05, 4.69) is 5.32 Å². The highest BCUT2D eigenvalue weighted by Crippen LogP contribution is 2.38. The van der Waals surface area contributed by atoms with Gasteiger partial charge in [0, 0.05) is 17.8 Å². The monoisotopic (exact) mass is 477 g/mol. The fourth-order valence-electron chi connectivity index (χ4n) is 3.13. The summed E-state index contributed by atoms with van der Waals surface area (Å²) in [6, 6.07) is 12.8. The predicted octanol–water partition coefficient (Wildman–Crippen LogP) is 6.73. The van der Waals surface area contributed by atoms with Crippen LogP contribution in [0.15, 0.2) is 48.5 Å². The highest BCUT2D eigenvalue weighted by atomic mass is 35.5. The summed E-state index contributed by atoms with van der Waals surface area (Å²) in [6.07, 6.45) is 0. The maximum absolute atomic E-state index is 14.1. The van der Waals surface area contributed by atoms with Crippen LogP contribution in [0.1, 0.15) is 34.0 Å². The summed E-state index contributed by atoms with van der Waals surface area (Å²) in [5.41, 5.74) is 2.91. The van der Waals surface area contributed by atoms with Gasteiger partial charge in [0.25, 0.3) is 0 Å². The van der Waals surface area contributed by atoms with Gasteiger partial charge in [0.15, 0.2) is 11.5 Å². The lowest BCUT2D eigenvalue weighted by atomic mass is 10.1. The Hall–Kier alpha value is -2.96. The van der Waals surface area contributed by atoms with Crippen LogP contribution in [0.25, 0.3) is 0 Å². The smallest absolute Gasteiger partial charge is 0.335 e. The van der Waals surface area contributed by atoms with Crippen molar-refractivity contribution in [1.29, 1.82) is 0 Å². The number of aryl methyl sites for hydroxylation is 1. The summed E-state index contributed by atoms with van der Waals surface area (Å²) >= 11 is 12.5. The van der Waals surface area contributed by atoms with E-state index in [1.54, 1.807) is 36.4 Å². The van der Waals surface area contributed by atoms with Gasteiger partial charge in [-0.1, -0.05) is 29.3 Å². The Bertz CT molecular complexity index is 1120. The van der Waals surface area contributed by atoms with Gasteiger partial charge in [0.2, 0.25) is 0 Å². The quantitative estimate of drug-likeness (QED) is 0.357. The molecule has 0 atom stereocenters. The Morgan fingerprint density at radius 3 is 2.53 bits per heavy atom. The number of carbonyl (C=O) groups is 1. The number of hydrogen-bond acceptors (Lipinski definition) is 4. The van der Waals surface area contributed by atoms with Crippen LogP contribution in [-0.4, -0.2) is 17.7 Å². The van der Waals surface area contributed by atoms with Crippen LogP contribution in [0.5, 0.6) is 11.5 Å². The van der Waals surface area contributed by atoms with E-state index >= 15 is 0 Å². The minimum Gasteiger partial charge on any atom is -0.490 e. The molecule has 0 aliphatic heterocycles. The molecule has 0 radical (unpaired) electrons. The van der Waals surface area contributed by atoms with Crippen molar-refractivity contribution in [1.82, 2.24) is 0 Å². The summed E-state index contributed by atoms with van der Waals surface area (Å²) in [7, 11) is 0. The van der Waals surface area contributed by atoms with Gasteiger partial charge < -0.3 is 19.9 Å². The van der Waals surface area contributed by atoms with Crippen molar-refractivity contribution in [3.63, 3.8) is 0 Å². The number of aromatic carboxylic acids is 1. The minimum absolute atomic E-state index is 0.0992. The fourth-order valence-corrected chi connectivity index (χ4v) is 3.64. The number of carboxylic acid groups (broad SMARTS) is 1. The fraction of sp³-hybridized carbons (Fsp3) is 0.208. The van der Waals surface area contributed by atoms with Crippen molar-refractivity contribution in [2.45, 2.75) is 27.0 Å². The highest BCUT2D eigenvalue weighted by Gasteiger charge is 2.16. The zero-order valence-electron chi connectivity index (χ0n) is 17.5. The molecule has 3 aromatic rings. The summed E-state index contributed by atoms with van der Waals surface area (Å²) < 4.78 is 25.5. The third-order valence-corrected chi connectivity index (χ3v) is 5.38. The molecule has 0 fully saturated rings. The molecule has 5 nitrogen and oxygen atoms in total. The molecule has 168 valence electrons. The summed E-state index contributed by atoms with van der Waals surface area (Å²) in [5, 5.41) is 13.0. The Morgan fingerprint density at radius 2 is 1.88 bits per heavy atom. The number of carboxylic acids is 1. The van der Waals surface area contributed by atoms with Crippen LogP contribution in [0.4, 0.5) is 10.1 Å². The van der Waals surface area contributed by atoms with Crippen LogP contribution in [0, 0.1) is 12.7 Å². The lowest BCUT2D eigenvalue weighted by Crippen LogP contribution is -2.06. The first kappa shape index (κ1) is 23.7. The first-order valence-corrected chi connectivity index (χ1v) is 10.6. The van der Waals surface area contributed by atoms with Gasteiger partial charge in [-0.05, 0) is 67.4 Å². The molecule has 0 heterocycles. The Morgan fingerprint density at radius 1 is 1.09 bits per heavy atom. The predicted molar refractivity (Wildman–Crippen MR) is 124 cm³/mol. The largest absolute Gasteiger partial charge is 0.490 e. The van der Waals surface area contributed by atoms with Crippen molar-refractivity contribution in [3.8, 4) is 11.5 Å². The number of rotatable bonds is 9. The minimum atomic E-state index is -0.972. The molecule has 0 bridgehead atoms. The average molecular weight is 478 g/mol. The van der Waals surface area contributed by atoms with Gasteiger partial charge in [-0.25, -0.2) is 9.18 Å². The van der Waals surface area contributed by atoms with Crippen LogP contribution in [0.3, 0.4) is 0 Å².